The van der Waals surface area contributed by atoms with E-state index in [-0.39, 0.29) is 11.8 Å². The summed E-state index contributed by atoms with van der Waals surface area (Å²) < 4.78 is 71.5. The van der Waals surface area contributed by atoms with Gasteiger partial charge in [-0.25, -0.2) is 21.2 Å². The summed E-state index contributed by atoms with van der Waals surface area (Å²) in [7, 11) is -7.78. The van der Waals surface area contributed by atoms with E-state index < -0.39 is 47.4 Å². The number of rotatable bonds is 7. The fourth-order valence-corrected chi connectivity index (χ4v) is 9.55. The maximum absolute atomic E-state index is 14.4. The Morgan fingerprint density at radius 1 is 1.19 bits per heavy atom. The van der Waals surface area contributed by atoms with Gasteiger partial charge in [0.05, 0.1) is 29.1 Å². The van der Waals surface area contributed by atoms with Crippen molar-refractivity contribution in [2.24, 2.45) is 0 Å². The Hall–Kier alpha value is -1.75. The molecule has 0 aliphatic carbocycles. The highest BCUT2D eigenvalue weighted by atomic mass is 32.2. The monoisotopic (exact) mass is 484 g/mol. The Balaban J connectivity index is 1.59. The second kappa shape index (κ2) is 9.24. The smallest absolute Gasteiger partial charge is 0.186 e. The number of furan rings is 1. The van der Waals surface area contributed by atoms with Gasteiger partial charge in [-0.05, 0) is 62.7 Å². The van der Waals surface area contributed by atoms with Crippen LogP contribution in [-0.4, -0.2) is 64.2 Å². The quantitative estimate of drug-likeness (QED) is 0.645. The topological polar surface area (TPSA) is 96.7 Å². The van der Waals surface area contributed by atoms with Crippen LogP contribution in [0.5, 0.6) is 0 Å². The molecule has 2 aliphatic rings. The Kier molecular flexibility index (Phi) is 6.76. The summed E-state index contributed by atoms with van der Waals surface area (Å²) in [6.45, 7) is 3.81. The van der Waals surface area contributed by atoms with Crippen molar-refractivity contribution in [2.75, 3.05) is 31.1 Å². The molecule has 10 heteroatoms. The number of nitrogens with zero attached hydrogens (tertiary/aromatic N) is 1. The highest BCUT2D eigenvalue weighted by Crippen LogP contribution is 2.30. The molecule has 0 spiro atoms. The SMILES string of the molecule is Cc1ccc(F)c(S(=O)(=O)[C@H]2CS(=O)(=O)C[C@@H]2NCC(c2ccco2)N2CCCCC2)c1. The van der Waals surface area contributed by atoms with Gasteiger partial charge >= 0.3 is 0 Å². The fraction of sp³-hybridized carbons (Fsp3) is 0.545. The predicted molar refractivity (Wildman–Crippen MR) is 119 cm³/mol. The molecule has 3 heterocycles. The summed E-state index contributed by atoms with van der Waals surface area (Å²) in [6, 6.07) is 6.59. The number of nitrogens with one attached hydrogen (secondary N) is 1. The van der Waals surface area contributed by atoms with Gasteiger partial charge in [0.15, 0.2) is 19.7 Å². The van der Waals surface area contributed by atoms with E-state index in [4.69, 9.17) is 4.42 Å². The van der Waals surface area contributed by atoms with Crippen molar-refractivity contribution in [1.29, 1.82) is 0 Å². The largest absolute Gasteiger partial charge is 0.468 e. The highest BCUT2D eigenvalue weighted by molar-refractivity contribution is 7.96. The molecular weight excluding hydrogens is 455 g/mol. The number of likely N-dealkylation sites (tertiary alicyclic amines) is 1. The lowest BCUT2D eigenvalue weighted by molar-refractivity contribution is 0.141. The average Bonchev–Trinajstić information content (AvgIpc) is 3.39. The van der Waals surface area contributed by atoms with Crippen molar-refractivity contribution in [3.63, 3.8) is 0 Å². The molecule has 32 heavy (non-hydrogen) atoms. The molecular formula is C22H29FN2O5S2. The highest BCUT2D eigenvalue weighted by Gasteiger charge is 2.46. The number of hydrogen-bond acceptors (Lipinski definition) is 7. The normalized spacial score (nSPS) is 25.1. The van der Waals surface area contributed by atoms with Gasteiger partial charge in [0, 0.05) is 12.6 Å². The zero-order valence-corrected chi connectivity index (χ0v) is 19.7. The molecule has 1 aromatic heterocycles. The molecule has 4 rings (SSSR count). The van der Waals surface area contributed by atoms with Crippen molar-refractivity contribution >= 4 is 19.7 Å². The van der Waals surface area contributed by atoms with E-state index in [2.05, 4.69) is 10.2 Å². The van der Waals surface area contributed by atoms with Crippen LogP contribution < -0.4 is 5.32 Å². The average molecular weight is 485 g/mol. The third kappa shape index (κ3) is 4.93. The minimum atomic E-state index is -4.19. The molecule has 176 valence electrons. The summed E-state index contributed by atoms with van der Waals surface area (Å²) in [4.78, 5) is 1.84. The van der Waals surface area contributed by atoms with Gasteiger partial charge in [-0.15, -0.1) is 0 Å². The zero-order chi connectivity index (χ0) is 22.9. The van der Waals surface area contributed by atoms with Crippen LogP contribution in [0.4, 0.5) is 4.39 Å². The minimum Gasteiger partial charge on any atom is -0.468 e. The van der Waals surface area contributed by atoms with E-state index in [0.29, 0.717) is 12.1 Å². The molecule has 2 saturated heterocycles. The van der Waals surface area contributed by atoms with E-state index in [1.54, 1.807) is 19.3 Å². The second-order valence-corrected chi connectivity index (χ2v) is 13.0. The van der Waals surface area contributed by atoms with E-state index in [9.17, 15) is 21.2 Å². The van der Waals surface area contributed by atoms with E-state index in [1.807, 2.05) is 6.07 Å². The number of halogens is 1. The standard InChI is InChI=1S/C22H29FN2O5S2/c1-16-7-8-17(23)21(12-16)32(28,29)22-15-31(26,27)14-18(22)24-13-19(20-6-5-11-30-20)25-9-3-2-4-10-25/h5-8,11-12,18-19,22,24H,2-4,9-10,13-15H2,1H3/t18-,19?,22-/m0/s1. The van der Waals surface area contributed by atoms with Gasteiger partial charge in [0.2, 0.25) is 0 Å². The second-order valence-electron chi connectivity index (χ2n) is 8.74. The number of sulfone groups is 2. The van der Waals surface area contributed by atoms with Gasteiger partial charge in [-0.3, -0.25) is 4.90 Å². The number of hydrogen-bond donors (Lipinski definition) is 1. The van der Waals surface area contributed by atoms with Crippen LogP contribution in [-0.2, 0) is 19.7 Å². The van der Waals surface area contributed by atoms with E-state index in [0.717, 1.165) is 44.2 Å². The maximum atomic E-state index is 14.4. The summed E-state index contributed by atoms with van der Waals surface area (Å²) in [5, 5.41) is 1.95. The first-order valence-electron chi connectivity index (χ1n) is 10.9. The first-order chi connectivity index (χ1) is 15.2. The van der Waals surface area contributed by atoms with Gasteiger partial charge in [0.1, 0.15) is 16.5 Å². The van der Waals surface area contributed by atoms with Gasteiger partial charge < -0.3 is 9.73 Å². The third-order valence-corrected chi connectivity index (χ3v) is 10.5. The molecule has 0 saturated carbocycles. The Morgan fingerprint density at radius 2 is 1.94 bits per heavy atom. The van der Waals surface area contributed by atoms with Crippen LogP contribution in [0.3, 0.4) is 0 Å². The van der Waals surface area contributed by atoms with E-state index in [1.165, 1.54) is 12.1 Å². The minimum absolute atomic E-state index is 0.132. The van der Waals surface area contributed by atoms with Gasteiger partial charge in [-0.1, -0.05) is 12.5 Å². The molecule has 1 N–H and O–H groups in total. The van der Waals surface area contributed by atoms with Crippen molar-refractivity contribution in [3.05, 3.63) is 53.7 Å². The number of piperidine rings is 1. The first-order valence-corrected chi connectivity index (χ1v) is 14.3. The van der Waals surface area contributed by atoms with Gasteiger partial charge in [0.25, 0.3) is 0 Å². The van der Waals surface area contributed by atoms with Crippen molar-refractivity contribution in [3.8, 4) is 0 Å². The van der Waals surface area contributed by atoms with Crippen LogP contribution in [0, 0.1) is 12.7 Å². The molecule has 2 aliphatic heterocycles. The molecule has 3 atom stereocenters. The molecule has 0 amide bonds. The molecule has 2 aromatic rings. The molecule has 7 nitrogen and oxygen atoms in total. The third-order valence-electron chi connectivity index (χ3n) is 6.37. The first kappa shape index (κ1) is 23.4. The van der Waals surface area contributed by atoms with Crippen LogP contribution in [0.15, 0.2) is 45.9 Å². The Morgan fingerprint density at radius 3 is 2.62 bits per heavy atom. The van der Waals surface area contributed by atoms with Crippen molar-refractivity contribution in [1.82, 2.24) is 10.2 Å². The van der Waals surface area contributed by atoms with Crippen LogP contribution in [0.25, 0.3) is 0 Å². The van der Waals surface area contributed by atoms with Crippen molar-refractivity contribution < 1.29 is 25.6 Å². The zero-order valence-electron chi connectivity index (χ0n) is 18.0. The Bertz CT molecular complexity index is 1140. The predicted octanol–water partition coefficient (Wildman–Crippen LogP) is 2.48. The summed E-state index contributed by atoms with van der Waals surface area (Å²) >= 11 is 0. The number of benzene rings is 1. The number of aryl methyl sites for hydroxylation is 1. The lowest BCUT2D eigenvalue weighted by atomic mass is 10.1. The van der Waals surface area contributed by atoms with E-state index >= 15 is 0 Å². The molecule has 1 aromatic carbocycles. The molecule has 1 unspecified atom stereocenters. The summed E-state index contributed by atoms with van der Waals surface area (Å²) in [5.74, 6) is -0.921. The van der Waals surface area contributed by atoms with Crippen LogP contribution >= 0.6 is 0 Å². The molecule has 2 fully saturated rings. The lowest BCUT2D eigenvalue weighted by Crippen LogP contribution is -2.47. The summed E-state index contributed by atoms with van der Waals surface area (Å²) in [6.07, 6.45) is 4.90. The lowest BCUT2D eigenvalue weighted by Gasteiger charge is -2.34. The fourth-order valence-electron chi connectivity index (χ4n) is 4.69. The van der Waals surface area contributed by atoms with Crippen molar-refractivity contribution in [2.45, 2.75) is 48.4 Å². The molecule has 0 radical (unpaired) electrons. The molecule has 0 bridgehead atoms. The Labute approximate surface area is 188 Å². The summed E-state index contributed by atoms with van der Waals surface area (Å²) in [5.41, 5.74) is 0.596. The van der Waals surface area contributed by atoms with Crippen LogP contribution in [0.2, 0.25) is 0 Å². The van der Waals surface area contributed by atoms with Crippen LogP contribution in [0.1, 0.15) is 36.6 Å². The van der Waals surface area contributed by atoms with Gasteiger partial charge in [-0.2, -0.15) is 0 Å². The maximum Gasteiger partial charge on any atom is 0.186 e.